The zero-order valence-electron chi connectivity index (χ0n) is 21.8. The molecule has 0 bridgehead atoms. The molecule has 3 aromatic carbocycles. The van der Waals surface area contributed by atoms with Crippen LogP contribution in [0.25, 0.3) is 0 Å². The first kappa shape index (κ1) is 25.6. The molecule has 0 fully saturated rings. The quantitative estimate of drug-likeness (QED) is 0.384. The van der Waals surface area contributed by atoms with E-state index in [9.17, 15) is 10.1 Å². The Morgan fingerprint density at radius 2 is 1.82 bits per heavy atom. The molecule has 0 radical (unpaired) electrons. The number of ketones is 1. The number of anilines is 1. The normalized spacial score (nSPS) is 17.4. The fourth-order valence-electron chi connectivity index (χ4n) is 5.56. The number of benzene rings is 3. The van der Waals surface area contributed by atoms with E-state index in [1.807, 2.05) is 62.1 Å². The number of allylic oxidation sites excluding steroid dienone is 3. The summed E-state index contributed by atoms with van der Waals surface area (Å²) in [7, 11) is 0. The van der Waals surface area contributed by atoms with E-state index in [-0.39, 0.29) is 5.78 Å². The van der Waals surface area contributed by atoms with Gasteiger partial charge in [-0.3, -0.25) is 9.69 Å². The van der Waals surface area contributed by atoms with Gasteiger partial charge in [0, 0.05) is 28.4 Å². The summed E-state index contributed by atoms with van der Waals surface area (Å²) in [4.78, 5) is 15.5. The lowest BCUT2D eigenvalue weighted by atomic mass is 9.73. The molecule has 1 unspecified atom stereocenters. The monoisotopic (exact) mass is 523 g/mol. The average Bonchev–Trinajstić information content (AvgIpc) is 2.89. The Kier molecular flexibility index (Phi) is 7.01. The number of hydrogen-bond acceptors (Lipinski definition) is 5. The van der Waals surface area contributed by atoms with Crippen LogP contribution in [0, 0.1) is 32.1 Å². The first-order valence-electron chi connectivity index (χ1n) is 12.8. The second kappa shape index (κ2) is 10.4. The first-order chi connectivity index (χ1) is 18.3. The van der Waals surface area contributed by atoms with Gasteiger partial charge in [-0.2, -0.15) is 5.26 Å². The van der Waals surface area contributed by atoms with Gasteiger partial charge >= 0.3 is 0 Å². The molecule has 1 atom stereocenters. The standard InChI is InChI=1S/C32H30ClN3O2/c1-19-6-4-7-24(15-19)36-28-8-5-9-29(37)31(28)30(27(17-34)32(36)35)26-16-20(2)14-22(21(26)3)18-38-25-12-10-23(33)11-13-25/h4,6-7,10-16,30H,5,8-9,18,35H2,1-3H3. The summed E-state index contributed by atoms with van der Waals surface area (Å²) < 4.78 is 6.07. The number of hydrogen-bond donors (Lipinski definition) is 1. The molecule has 3 aromatic rings. The van der Waals surface area contributed by atoms with Crippen molar-refractivity contribution in [3.63, 3.8) is 0 Å². The van der Waals surface area contributed by atoms with Crippen LogP contribution in [-0.4, -0.2) is 5.78 Å². The molecule has 1 heterocycles. The highest BCUT2D eigenvalue weighted by Gasteiger charge is 2.41. The number of nitriles is 1. The molecule has 1 aliphatic heterocycles. The smallest absolute Gasteiger partial charge is 0.161 e. The van der Waals surface area contributed by atoms with E-state index >= 15 is 0 Å². The molecule has 0 spiro atoms. The Hall–Kier alpha value is -4.01. The maximum atomic E-state index is 13.6. The molecule has 6 heteroatoms. The molecule has 192 valence electrons. The molecule has 1 aliphatic carbocycles. The minimum atomic E-state index is -0.516. The van der Waals surface area contributed by atoms with Gasteiger partial charge in [0.25, 0.3) is 0 Å². The lowest BCUT2D eigenvalue weighted by molar-refractivity contribution is -0.116. The summed E-state index contributed by atoms with van der Waals surface area (Å²) >= 11 is 6.01. The number of carbonyl (C=O) groups is 1. The second-order valence-electron chi connectivity index (χ2n) is 10.0. The zero-order chi connectivity index (χ0) is 27.0. The molecule has 5 nitrogen and oxygen atoms in total. The van der Waals surface area contributed by atoms with Crippen LogP contribution in [0.1, 0.15) is 53.0 Å². The van der Waals surface area contributed by atoms with Crippen molar-refractivity contribution in [2.45, 2.75) is 52.6 Å². The third-order valence-corrected chi connectivity index (χ3v) is 7.64. The summed E-state index contributed by atoms with van der Waals surface area (Å²) in [5.41, 5.74) is 14.6. The largest absolute Gasteiger partial charge is 0.489 e. The number of aryl methyl sites for hydroxylation is 2. The topological polar surface area (TPSA) is 79.3 Å². The van der Waals surface area contributed by atoms with E-state index in [2.05, 4.69) is 18.2 Å². The highest BCUT2D eigenvalue weighted by molar-refractivity contribution is 6.30. The van der Waals surface area contributed by atoms with Crippen molar-refractivity contribution < 1.29 is 9.53 Å². The van der Waals surface area contributed by atoms with Gasteiger partial charge in [0.2, 0.25) is 0 Å². The minimum absolute atomic E-state index is 0.0778. The molecule has 38 heavy (non-hydrogen) atoms. The molecule has 0 saturated heterocycles. The molecular weight excluding hydrogens is 494 g/mol. The van der Waals surface area contributed by atoms with Gasteiger partial charge in [-0.15, -0.1) is 0 Å². The fourth-order valence-corrected chi connectivity index (χ4v) is 5.69. The van der Waals surface area contributed by atoms with E-state index in [1.54, 1.807) is 12.1 Å². The van der Waals surface area contributed by atoms with Crippen LogP contribution in [0.15, 0.2) is 83.3 Å². The van der Waals surface area contributed by atoms with Gasteiger partial charge in [0.05, 0.1) is 17.6 Å². The van der Waals surface area contributed by atoms with Gasteiger partial charge in [-0.25, -0.2) is 0 Å². The Morgan fingerprint density at radius 3 is 2.53 bits per heavy atom. The summed E-state index contributed by atoms with van der Waals surface area (Å²) in [5.74, 6) is 0.668. The molecule has 2 N–H and O–H groups in total. The van der Waals surface area contributed by atoms with E-state index in [4.69, 9.17) is 22.1 Å². The Labute approximate surface area is 228 Å². The predicted octanol–water partition coefficient (Wildman–Crippen LogP) is 7.15. The van der Waals surface area contributed by atoms with Crippen LogP contribution < -0.4 is 15.4 Å². The Morgan fingerprint density at radius 1 is 1.05 bits per heavy atom. The summed E-state index contributed by atoms with van der Waals surface area (Å²) in [6.45, 7) is 6.42. The van der Waals surface area contributed by atoms with Crippen molar-refractivity contribution >= 4 is 23.1 Å². The van der Waals surface area contributed by atoms with E-state index in [0.29, 0.717) is 35.0 Å². The Balaban J connectivity index is 1.63. The third kappa shape index (κ3) is 4.68. The average molecular weight is 524 g/mol. The number of nitrogens with two attached hydrogens (primary N) is 1. The SMILES string of the molecule is Cc1cccc(N2C(N)=C(C#N)C(c3cc(C)cc(COc4ccc(Cl)cc4)c3C)C3=C2CCCC3=O)c1. The van der Waals surface area contributed by atoms with Crippen molar-refractivity contribution in [2.24, 2.45) is 5.73 Å². The van der Waals surface area contributed by atoms with Gasteiger partial charge in [-0.1, -0.05) is 41.4 Å². The number of ether oxygens (including phenoxy) is 1. The fraction of sp³-hybridized carbons (Fsp3) is 0.250. The second-order valence-corrected chi connectivity index (χ2v) is 10.5. The Bertz CT molecular complexity index is 1530. The van der Waals surface area contributed by atoms with E-state index in [1.165, 1.54) is 0 Å². The number of carbonyl (C=O) groups excluding carboxylic acids is 1. The predicted molar refractivity (Wildman–Crippen MR) is 151 cm³/mol. The molecule has 0 saturated carbocycles. The molecule has 0 amide bonds. The van der Waals surface area contributed by atoms with Crippen molar-refractivity contribution in [2.75, 3.05) is 4.90 Å². The van der Waals surface area contributed by atoms with Crippen LogP contribution in [0.2, 0.25) is 5.02 Å². The van der Waals surface area contributed by atoms with Gasteiger partial charge in [0.1, 0.15) is 18.2 Å². The molecule has 0 aromatic heterocycles. The van der Waals surface area contributed by atoms with Gasteiger partial charge < -0.3 is 10.5 Å². The maximum Gasteiger partial charge on any atom is 0.161 e. The lowest BCUT2D eigenvalue weighted by Gasteiger charge is -2.40. The van der Waals surface area contributed by atoms with E-state index in [0.717, 1.165) is 57.8 Å². The van der Waals surface area contributed by atoms with Gasteiger partial charge in [0.15, 0.2) is 5.78 Å². The van der Waals surface area contributed by atoms with Crippen molar-refractivity contribution in [3.05, 3.63) is 116 Å². The lowest BCUT2D eigenvalue weighted by Crippen LogP contribution is -2.39. The van der Waals surface area contributed by atoms with Gasteiger partial charge in [-0.05, 0) is 92.3 Å². The van der Waals surface area contributed by atoms with Crippen molar-refractivity contribution in [3.8, 4) is 11.8 Å². The van der Waals surface area contributed by atoms with Crippen LogP contribution in [0.4, 0.5) is 5.69 Å². The number of nitrogens with zero attached hydrogens (tertiary/aromatic N) is 2. The summed E-state index contributed by atoms with van der Waals surface area (Å²) in [5, 5.41) is 11.1. The van der Waals surface area contributed by atoms with Crippen LogP contribution in [0.3, 0.4) is 0 Å². The number of Topliss-reactive ketones (excluding diaryl/α,β-unsaturated/α-hetero) is 1. The highest BCUT2D eigenvalue weighted by Crippen LogP contribution is 2.47. The first-order valence-corrected chi connectivity index (χ1v) is 13.2. The highest BCUT2D eigenvalue weighted by atomic mass is 35.5. The maximum absolute atomic E-state index is 13.6. The van der Waals surface area contributed by atoms with Crippen molar-refractivity contribution in [1.29, 1.82) is 5.26 Å². The number of halogens is 1. The minimum Gasteiger partial charge on any atom is -0.489 e. The number of rotatable bonds is 5. The third-order valence-electron chi connectivity index (χ3n) is 7.39. The molecular formula is C32H30ClN3O2. The van der Waals surface area contributed by atoms with Crippen LogP contribution >= 0.6 is 11.6 Å². The molecule has 2 aliphatic rings. The van der Waals surface area contributed by atoms with Crippen molar-refractivity contribution in [1.82, 2.24) is 0 Å². The van der Waals surface area contributed by atoms with Crippen LogP contribution in [-0.2, 0) is 11.4 Å². The summed E-state index contributed by atoms with van der Waals surface area (Å²) in [6.07, 6.45) is 1.95. The summed E-state index contributed by atoms with van der Waals surface area (Å²) in [6, 6.07) is 21.8. The zero-order valence-corrected chi connectivity index (χ0v) is 22.6. The van der Waals surface area contributed by atoms with Crippen LogP contribution in [0.5, 0.6) is 5.75 Å². The van der Waals surface area contributed by atoms with E-state index < -0.39 is 5.92 Å². The molecule has 5 rings (SSSR count).